The lowest BCUT2D eigenvalue weighted by atomic mass is 9.99. The largest absolute Gasteiger partial charge is 0.465 e. The molecule has 0 aliphatic heterocycles. The molecule has 0 atom stereocenters. The van der Waals surface area contributed by atoms with Gasteiger partial charge in [-0.15, -0.1) is 0 Å². The molecule has 0 unspecified atom stereocenters. The highest BCUT2D eigenvalue weighted by Crippen LogP contribution is 2.39. The summed E-state index contributed by atoms with van der Waals surface area (Å²) in [5.74, 6) is -1.56. The predicted octanol–water partition coefficient (Wildman–Crippen LogP) is 5.15. The van der Waals surface area contributed by atoms with Gasteiger partial charge in [0, 0.05) is 33.8 Å². The van der Waals surface area contributed by atoms with Crippen LogP contribution in [0.3, 0.4) is 0 Å². The molecule has 1 aromatic heterocycles. The molecule has 0 bridgehead atoms. The average Bonchev–Trinajstić information content (AvgIpc) is 3.23. The van der Waals surface area contributed by atoms with Crippen molar-refractivity contribution in [3.8, 4) is 11.3 Å². The molecule has 8 nitrogen and oxygen atoms in total. The number of esters is 2. The number of alkyl halides is 6. The minimum Gasteiger partial charge on any atom is -0.465 e. The van der Waals surface area contributed by atoms with E-state index in [9.17, 15) is 35.9 Å². The van der Waals surface area contributed by atoms with Crippen molar-refractivity contribution in [3.63, 3.8) is 0 Å². The first-order valence-corrected chi connectivity index (χ1v) is 10.9. The van der Waals surface area contributed by atoms with Gasteiger partial charge in [0.15, 0.2) is 0 Å². The molecule has 0 aliphatic carbocycles. The Labute approximate surface area is 219 Å². The van der Waals surface area contributed by atoms with Crippen LogP contribution in [-0.4, -0.2) is 35.9 Å². The number of aryl methyl sites for hydroxylation is 1. The number of hydrogen-bond donors (Lipinski definition) is 2. The standard InChI is InChI=1S/C13H12F3N3O2.C9H7F3INO2/c1-19-11(3-4-18-19)7-5-8(12(20)21-2)10(17)6-9(7)13(14,15)16;1-16-8(15)4-2-6(13)5(3-7(4)14)9(10,11)12/h3-6H,17H2,1-2H3;2-3H,14H2,1H3. The minimum absolute atomic E-state index is 0.0695. The van der Waals surface area contributed by atoms with Gasteiger partial charge in [-0.25, -0.2) is 9.59 Å². The number of aromatic nitrogens is 2. The van der Waals surface area contributed by atoms with Crippen LogP contribution in [0.5, 0.6) is 0 Å². The summed E-state index contributed by atoms with van der Waals surface area (Å²) < 4.78 is 87.0. The number of nitrogens with two attached hydrogens (primary N) is 2. The van der Waals surface area contributed by atoms with Gasteiger partial charge in [0.2, 0.25) is 0 Å². The topological polar surface area (TPSA) is 122 Å². The molecule has 0 amide bonds. The molecule has 0 saturated heterocycles. The molecule has 4 N–H and O–H groups in total. The third-order valence-corrected chi connectivity index (χ3v) is 5.74. The van der Waals surface area contributed by atoms with Crippen LogP contribution in [0.4, 0.5) is 37.7 Å². The second kappa shape index (κ2) is 11.3. The highest BCUT2D eigenvalue weighted by atomic mass is 127. The first-order valence-electron chi connectivity index (χ1n) is 9.84. The van der Waals surface area contributed by atoms with Gasteiger partial charge in [-0.1, -0.05) is 0 Å². The number of hydrogen-bond acceptors (Lipinski definition) is 7. The zero-order valence-corrected chi connectivity index (χ0v) is 21.4. The second-order valence-electron chi connectivity index (χ2n) is 7.22. The van der Waals surface area contributed by atoms with Crippen molar-refractivity contribution < 1.29 is 45.4 Å². The molecule has 1 heterocycles. The summed E-state index contributed by atoms with van der Waals surface area (Å²) in [5, 5.41) is 3.84. The van der Waals surface area contributed by atoms with Crippen molar-refractivity contribution in [1.29, 1.82) is 0 Å². The van der Waals surface area contributed by atoms with Crippen LogP contribution in [-0.2, 0) is 28.9 Å². The van der Waals surface area contributed by atoms with Gasteiger partial charge in [0.05, 0.1) is 42.2 Å². The van der Waals surface area contributed by atoms with Crippen molar-refractivity contribution in [2.24, 2.45) is 7.05 Å². The summed E-state index contributed by atoms with van der Waals surface area (Å²) in [5.41, 5.74) is 8.39. The first kappa shape index (κ1) is 29.7. The molecule has 3 rings (SSSR count). The van der Waals surface area contributed by atoms with Crippen LogP contribution in [0.25, 0.3) is 11.3 Å². The molecule has 0 saturated carbocycles. The number of methoxy groups -OCH3 is 2. The van der Waals surface area contributed by atoms with E-state index >= 15 is 0 Å². The number of nitrogen functional groups attached to an aromatic ring is 2. The third kappa shape index (κ3) is 6.84. The smallest absolute Gasteiger partial charge is 0.417 e. The molecular formula is C22H19F6IN4O4. The molecule has 200 valence electrons. The Bertz CT molecular complexity index is 1320. The van der Waals surface area contributed by atoms with E-state index < -0.39 is 35.4 Å². The van der Waals surface area contributed by atoms with Crippen LogP contribution in [0.1, 0.15) is 31.8 Å². The van der Waals surface area contributed by atoms with Gasteiger partial charge < -0.3 is 20.9 Å². The van der Waals surface area contributed by atoms with E-state index in [1.54, 1.807) is 0 Å². The van der Waals surface area contributed by atoms with Crippen LogP contribution < -0.4 is 11.5 Å². The lowest BCUT2D eigenvalue weighted by Gasteiger charge is -2.16. The predicted molar refractivity (Wildman–Crippen MR) is 129 cm³/mol. The number of nitrogens with zero attached hydrogens (tertiary/aromatic N) is 2. The zero-order valence-electron chi connectivity index (χ0n) is 19.3. The van der Waals surface area contributed by atoms with Crippen molar-refractivity contribution in [2.75, 3.05) is 25.7 Å². The molecule has 0 fully saturated rings. The number of anilines is 2. The van der Waals surface area contributed by atoms with E-state index in [0.29, 0.717) is 0 Å². The quantitative estimate of drug-likeness (QED) is 0.175. The lowest BCUT2D eigenvalue weighted by molar-refractivity contribution is -0.138. The number of rotatable bonds is 3. The fourth-order valence-corrected chi connectivity index (χ4v) is 3.85. The molecule has 2 aromatic carbocycles. The Hall–Kier alpha value is -3.50. The van der Waals surface area contributed by atoms with Gasteiger partial charge >= 0.3 is 24.3 Å². The number of benzene rings is 2. The Morgan fingerprint density at radius 1 is 0.865 bits per heavy atom. The number of carbonyl (C=O) groups excluding carboxylic acids is 2. The molecule has 3 aromatic rings. The summed E-state index contributed by atoms with van der Waals surface area (Å²) in [6.07, 6.45) is -7.73. The van der Waals surface area contributed by atoms with Gasteiger partial charge in [-0.3, -0.25) is 4.68 Å². The normalized spacial score (nSPS) is 11.4. The molecule has 0 aliphatic rings. The highest BCUT2D eigenvalue weighted by Gasteiger charge is 2.36. The SMILES string of the molecule is COC(=O)c1cc(-c2ccnn2C)c(C(F)(F)F)cc1N.COC(=O)c1cc(I)c(C(F)(F)F)cc1N. The average molecular weight is 644 g/mol. The van der Waals surface area contributed by atoms with Crippen molar-refractivity contribution >= 4 is 45.9 Å². The maximum atomic E-state index is 13.2. The maximum Gasteiger partial charge on any atom is 0.417 e. The van der Waals surface area contributed by atoms with Crippen LogP contribution in [0.15, 0.2) is 36.5 Å². The van der Waals surface area contributed by atoms with Crippen molar-refractivity contribution in [2.45, 2.75) is 12.4 Å². The fraction of sp³-hybridized carbons (Fsp3) is 0.227. The molecule has 0 spiro atoms. The Kier molecular flexibility index (Phi) is 9.05. The highest BCUT2D eigenvalue weighted by molar-refractivity contribution is 14.1. The Morgan fingerprint density at radius 3 is 1.73 bits per heavy atom. The number of carbonyl (C=O) groups is 2. The van der Waals surface area contributed by atoms with E-state index in [0.717, 1.165) is 38.5 Å². The third-order valence-electron chi connectivity index (χ3n) is 4.85. The minimum atomic E-state index is -4.61. The second-order valence-corrected chi connectivity index (χ2v) is 8.39. The molecule has 0 radical (unpaired) electrons. The molecule has 37 heavy (non-hydrogen) atoms. The lowest BCUT2D eigenvalue weighted by Crippen LogP contribution is -2.13. The van der Waals surface area contributed by atoms with Gasteiger partial charge in [-0.05, 0) is 52.9 Å². The van der Waals surface area contributed by atoms with Crippen molar-refractivity contribution in [1.82, 2.24) is 9.78 Å². The van der Waals surface area contributed by atoms with Gasteiger partial charge in [0.25, 0.3) is 0 Å². The van der Waals surface area contributed by atoms with E-state index in [2.05, 4.69) is 14.6 Å². The molecular weight excluding hydrogens is 625 g/mol. The number of halogens is 7. The van der Waals surface area contributed by atoms with Crippen molar-refractivity contribution in [3.05, 3.63) is 62.4 Å². The number of ether oxygens (including phenoxy) is 2. The maximum absolute atomic E-state index is 13.2. The summed E-state index contributed by atoms with van der Waals surface area (Å²) in [4.78, 5) is 22.8. The Balaban J connectivity index is 0.000000271. The monoisotopic (exact) mass is 644 g/mol. The first-order chi connectivity index (χ1) is 17.0. The Morgan fingerprint density at radius 2 is 1.32 bits per heavy atom. The summed E-state index contributed by atoms with van der Waals surface area (Å²) >= 11 is 1.49. The van der Waals surface area contributed by atoms with Gasteiger partial charge in [-0.2, -0.15) is 31.4 Å². The summed E-state index contributed by atoms with van der Waals surface area (Å²) in [6, 6.07) is 5.01. The van der Waals surface area contributed by atoms with Crippen LogP contribution >= 0.6 is 22.6 Å². The van der Waals surface area contributed by atoms with E-state index in [1.165, 1.54) is 46.6 Å². The van der Waals surface area contributed by atoms with E-state index in [-0.39, 0.29) is 37.3 Å². The molecule has 15 heteroatoms. The summed E-state index contributed by atoms with van der Waals surface area (Å²) in [6.45, 7) is 0. The van der Waals surface area contributed by atoms with E-state index in [1.807, 2.05) is 0 Å². The van der Waals surface area contributed by atoms with E-state index in [4.69, 9.17) is 11.5 Å². The van der Waals surface area contributed by atoms with Crippen LogP contribution in [0, 0.1) is 3.57 Å². The zero-order chi connectivity index (χ0) is 28.3. The van der Waals surface area contributed by atoms with Gasteiger partial charge in [0.1, 0.15) is 0 Å². The summed E-state index contributed by atoms with van der Waals surface area (Å²) in [7, 11) is 3.76. The fourth-order valence-electron chi connectivity index (χ4n) is 3.08. The van der Waals surface area contributed by atoms with Crippen LogP contribution in [0.2, 0.25) is 0 Å².